The van der Waals surface area contributed by atoms with E-state index in [0.29, 0.717) is 16.4 Å². The molecule has 0 fully saturated rings. The van der Waals surface area contributed by atoms with Gasteiger partial charge in [-0.25, -0.2) is 14.6 Å². The number of benzene rings is 2. The number of hydrogen-bond acceptors (Lipinski definition) is 6. The number of amides is 1. The second-order valence-corrected chi connectivity index (χ2v) is 7.79. The predicted octanol–water partition coefficient (Wildman–Crippen LogP) is 4.54. The maximum atomic E-state index is 12.6. The topological polar surface area (TPSA) is 81.9 Å². The number of nitrogens with one attached hydrogen (secondary N) is 1. The highest BCUT2D eigenvalue weighted by Gasteiger charge is 2.19. The summed E-state index contributed by atoms with van der Waals surface area (Å²) in [4.78, 5) is 21.2. The summed E-state index contributed by atoms with van der Waals surface area (Å²) in [5.74, 6) is -0.232. The van der Waals surface area contributed by atoms with Crippen LogP contribution >= 0.6 is 11.8 Å². The lowest BCUT2D eigenvalue weighted by atomic mass is 10.3. The minimum Gasteiger partial charge on any atom is -0.435 e. The van der Waals surface area contributed by atoms with Gasteiger partial charge >= 0.3 is 6.61 Å². The van der Waals surface area contributed by atoms with Gasteiger partial charge in [0.05, 0.1) is 22.5 Å². The van der Waals surface area contributed by atoms with Crippen LogP contribution in [-0.4, -0.2) is 37.5 Å². The molecule has 0 saturated carbocycles. The van der Waals surface area contributed by atoms with Gasteiger partial charge in [0, 0.05) is 5.69 Å². The predicted molar refractivity (Wildman–Crippen MR) is 114 cm³/mol. The molecule has 0 unspecified atom stereocenters. The van der Waals surface area contributed by atoms with E-state index in [0.717, 1.165) is 11.1 Å². The summed E-state index contributed by atoms with van der Waals surface area (Å²) in [5, 5.41) is 8.06. The summed E-state index contributed by atoms with van der Waals surface area (Å²) in [6, 6.07) is 15.3. The maximum Gasteiger partial charge on any atom is 0.387 e. The SMILES string of the molecule is C[C@H](Sc1ncnc2c1cnn2-c1ccccc1)C(=O)Nc1ccc(OC(F)F)cc1. The van der Waals surface area contributed by atoms with Gasteiger partial charge < -0.3 is 10.1 Å². The second-order valence-electron chi connectivity index (χ2n) is 6.46. The highest BCUT2D eigenvalue weighted by atomic mass is 32.2. The van der Waals surface area contributed by atoms with Gasteiger partial charge in [-0.3, -0.25) is 4.79 Å². The summed E-state index contributed by atoms with van der Waals surface area (Å²) in [7, 11) is 0. The number of alkyl halides is 2. The molecule has 0 bridgehead atoms. The lowest BCUT2D eigenvalue weighted by Crippen LogP contribution is -2.22. The van der Waals surface area contributed by atoms with Crippen LogP contribution in [0.1, 0.15) is 6.92 Å². The number of hydrogen-bond donors (Lipinski definition) is 1. The van der Waals surface area contributed by atoms with Gasteiger partial charge in [-0.2, -0.15) is 13.9 Å². The number of aromatic nitrogens is 4. The number of halogens is 2. The van der Waals surface area contributed by atoms with Crippen molar-refractivity contribution in [2.45, 2.75) is 23.8 Å². The van der Waals surface area contributed by atoms with E-state index in [1.165, 1.54) is 42.4 Å². The molecule has 2 heterocycles. The van der Waals surface area contributed by atoms with Crippen molar-refractivity contribution in [2.24, 2.45) is 0 Å². The van der Waals surface area contributed by atoms with Crippen LogP contribution in [0.15, 0.2) is 72.1 Å². The molecule has 158 valence electrons. The number of carbonyl (C=O) groups is 1. The molecule has 0 spiro atoms. The second kappa shape index (κ2) is 9.09. The molecule has 0 radical (unpaired) electrons. The Kier molecular flexibility index (Phi) is 6.08. The highest BCUT2D eigenvalue weighted by molar-refractivity contribution is 8.00. The van der Waals surface area contributed by atoms with E-state index >= 15 is 0 Å². The molecule has 4 aromatic rings. The third kappa shape index (κ3) is 4.80. The van der Waals surface area contributed by atoms with Crippen molar-refractivity contribution in [3.8, 4) is 11.4 Å². The zero-order valence-corrected chi connectivity index (χ0v) is 17.1. The fourth-order valence-corrected chi connectivity index (χ4v) is 3.74. The Morgan fingerprint density at radius 3 is 2.55 bits per heavy atom. The summed E-state index contributed by atoms with van der Waals surface area (Å²) in [6.07, 6.45) is 3.12. The largest absolute Gasteiger partial charge is 0.435 e. The molecule has 1 N–H and O–H groups in total. The van der Waals surface area contributed by atoms with Gasteiger partial charge in [-0.1, -0.05) is 30.0 Å². The van der Waals surface area contributed by atoms with Crippen molar-refractivity contribution >= 4 is 34.4 Å². The van der Waals surface area contributed by atoms with Gasteiger partial charge in [-0.15, -0.1) is 0 Å². The van der Waals surface area contributed by atoms with Crippen LogP contribution < -0.4 is 10.1 Å². The van der Waals surface area contributed by atoms with E-state index in [-0.39, 0.29) is 11.7 Å². The van der Waals surface area contributed by atoms with Gasteiger partial charge in [0.2, 0.25) is 5.91 Å². The number of fused-ring (bicyclic) bond motifs is 1. The minimum absolute atomic E-state index is 0.0224. The van der Waals surface area contributed by atoms with Crippen LogP contribution in [0.3, 0.4) is 0 Å². The number of para-hydroxylation sites is 1. The smallest absolute Gasteiger partial charge is 0.387 e. The van der Waals surface area contributed by atoms with Crippen LogP contribution in [0.25, 0.3) is 16.7 Å². The Hall–Kier alpha value is -3.53. The van der Waals surface area contributed by atoms with Crippen LogP contribution in [0.4, 0.5) is 14.5 Å². The van der Waals surface area contributed by atoms with Crippen molar-refractivity contribution in [1.29, 1.82) is 0 Å². The standard InChI is InChI=1S/C21H17F2N5O2S/c1-13(19(29)27-14-7-9-16(10-8-14)30-21(22)23)31-20-17-11-26-28(18(17)24-12-25-20)15-5-3-2-4-6-15/h2-13,21H,1H3,(H,27,29)/t13-/m0/s1. The summed E-state index contributed by atoms with van der Waals surface area (Å²) < 4.78 is 30.5. The minimum atomic E-state index is -2.90. The lowest BCUT2D eigenvalue weighted by Gasteiger charge is -2.12. The number of carbonyl (C=O) groups excluding carboxylic acids is 1. The van der Waals surface area contributed by atoms with Crippen LogP contribution in [0.2, 0.25) is 0 Å². The lowest BCUT2D eigenvalue weighted by molar-refractivity contribution is -0.115. The average molecular weight is 441 g/mol. The average Bonchev–Trinajstić information content (AvgIpc) is 3.20. The van der Waals surface area contributed by atoms with Crippen LogP contribution in [0, 0.1) is 0 Å². The molecular formula is C21H17F2N5O2S. The number of nitrogens with zero attached hydrogens (tertiary/aromatic N) is 4. The first-order valence-electron chi connectivity index (χ1n) is 9.28. The zero-order valence-electron chi connectivity index (χ0n) is 16.3. The Balaban J connectivity index is 1.47. The first-order valence-corrected chi connectivity index (χ1v) is 10.2. The highest BCUT2D eigenvalue weighted by Crippen LogP contribution is 2.29. The maximum absolute atomic E-state index is 12.6. The monoisotopic (exact) mass is 441 g/mol. The van der Waals surface area contributed by atoms with E-state index in [1.807, 2.05) is 30.3 Å². The fourth-order valence-electron chi connectivity index (χ4n) is 2.86. The van der Waals surface area contributed by atoms with Crippen molar-refractivity contribution in [3.05, 3.63) is 67.1 Å². The summed E-state index contributed by atoms with van der Waals surface area (Å²) in [6.45, 7) is -1.14. The normalized spacial score (nSPS) is 12.1. The molecule has 31 heavy (non-hydrogen) atoms. The van der Waals surface area contributed by atoms with Crippen molar-refractivity contribution in [2.75, 3.05) is 5.32 Å². The van der Waals surface area contributed by atoms with Gasteiger partial charge in [0.25, 0.3) is 0 Å². The van der Waals surface area contributed by atoms with E-state index in [2.05, 4.69) is 25.1 Å². The molecule has 1 amide bonds. The molecule has 10 heteroatoms. The number of rotatable bonds is 7. The molecule has 7 nitrogen and oxygen atoms in total. The first kappa shape index (κ1) is 20.7. The van der Waals surface area contributed by atoms with E-state index in [1.54, 1.807) is 17.8 Å². The van der Waals surface area contributed by atoms with E-state index in [9.17, 15) is 13.6 Å². The number of anilines is 1. The molecule has 1 atom stereocenters. The molecule has 0 saturated heterocycles. The van der Waals surface area contributed by atoms with Gasteiger partial charge in [0.1, 0.15) is 17.1 Å². The Morgan fingerprint density at radius 1 is 1.10 bits per heavy atom. The van der Waals surface area contributed by atoms with Crippen molar-refractivity contribution < 1.29 is 18.3 Å². The molecule has 0 aliphatic carbocycles. The number of thioether (sulfide) groups is 1. The van der Waals surface area contributed by atoms with Crippen LogP contribution in [-0.2, 0) is 4.79 Å². The first-order chi connectivity index (χ1) is 15.0. The molecular weight excluding hydrogens is 424 g/mol. The third-order valence-corrected chi connectivity index (χ3v) is 5.45. The Bertz CT molecular complexity index is 1190. The van der Waals surface area contributed by atoms with Gasteiger partial charge in [0.15, 0.2) is 5.65 Å². The van der Waals surface area contributed by atoms with Crippen molar-refractivity contribution in [1.82, 2.24) is 19.7 Å². The summed E-state index contributed by atoms with van der Waals surface area (Å²) >= 11 is 1.28. The Labute approximate surface area is 180 Å². The van der Waals surface area contributed by atoms with Crippen molar-refractivity contribution in [3.63, 3.8) is 0 Å². The molecule has 0 aliphatic rings. The van der Waals surface area contributed by atoms with E-state index < -0.39 is 11.9 Å². The molecule has 2 aromatic carbocycles. The van der Waals surface area contributed by atoms with Gasteiger partial charge in [-0.05, 0) is 43.3 Å². The van der Waals surface area contributed by atoms with Crippen LogP contribution in [0.5, 0.6) is 5.75 Å². The third-order valence-electron chi connectivity index (χ3n) is 4.33. The Morgan fingerprint density at radius 2 is 1.84 bits per heavy atom. The molecule has 4 rings (SSSR count). The molecule has 2 aromatic heterocycles. The molecule has 0 aliphatic heterocycles. The zero-order chi connectivity index (χ0) is 21.8. The quantitative estimate of drug-likeness (QED) is 0.335. The number of ether oxygens (including phenoxy) is 1. The fraction of sp³-hybridized carbons (Fsp3) is 0.143. The summed E-state index contributed by atoms with van der Waals surface area (Å²) in [5.41, 5.74) is 1.99. The van der Waals surface area contributed by atoms with E-state index in [4.69, 9.17) is 0 Å².